The quantitative estimate of drug-likeness (QED) is 0.817. The Morgan fingerprint density at radius 2 is 2.00 bits per heavy atom. The molecule has 0 unspecified atom stereocenters. The van der Waals surface area contributed by atoms with E-state index in [-0.39, 0.29) is 0 Å². The molecule has 0 aromatic rings. The molecule has 2 heterocycles. The molecule has 3 heteroatoms. The zero-order valence-electron chi connectivity index (χ0n) is 11.1. The van der Waals surface area contributed by atoms with Crippen LogP contribution in [0.3, 0.4) is 0 Å². The molecular formula is C14H26N2O. The number of nitrogens with zero attached hydrogens (tertiary/aromatic N) is 1. The summed E-state index contributed by atoms with van der Waals surface area (Å²) in [6, 6.07) is 0.526. The molecule has 2 rings (SSSR count). The monoisotopic (exact) mass is 238 g/mol. The van der Waals surface area contributed by atoms with Crippen LogP contribution in [0.5, 0.6) is 0 Å². The largest absolute Gasteiger partial charge is 0.340 e. The maximum atomic E-state index is 12.3. The van der Waals surface area contributed by atoms with Gasteiger partial charge in [0.1, 0.15) is 0 Å². The van der Waals surface area contributed by atoms with Crippen molar-refractivity contribution in [1.82, 2.24) is 10.2 Å². The number of rotatable bonds is 3. The molecule has 1 atom stereocenters. The first-order valence-electron chi connectivity index (χ1n) is 7.31. The smallest absolute Gasteiger partial charge is 0.223 e. The Hall–Kier alpha value is -0.570. The first kappa shape index (κ1) is 12.9. The highest BCUT2D eigenvalue weighted by Gasteiger charge is 2.27. The maximum Gasteiger partial charge on any atom is 0.223 e. The lowest BCUT2D eigenvalue weighted by molar-refractivity contribution is -0.136. The summed E-state index contributed by atoms with van der Waals surface area (Å²) in [6.45, 7) is 5.40. The van der Waals surface area contributed by atoms with E-state index in [1.165, 1.54) is 32.1 Å². The highest BCUT2D eigenvalue weighted by Crippen LogP contribution is 2.23. The lowest BCUT2D eigenvalue weighted by atomic mass is 9.92. The van der Waals surface area contributed by atoms with Crippen LogP contribution in [0.1, 0.15) is 51.9 Å². The van der Waals surface area contributed by atoms with Crippen molar-refractivity contribution >= 4 is 5.91 Å². The van der Waals surface area contributed by atoms with Gasteiger partial charge < -0.3 is 10.2 Å². The minimum absolute atomic E-state index is 0.420. The minimum atomic E-state index is 0.420. The first-order chi connectivity index (χ1) is 8.31. The van der Waals surface area contributed by atoms with E-state index in [1.54, 1.807) is 0 Å². The average molecular weight is 238 g/mol. The van der Waals surface area contributed by atoms with Crippen molar-refractivity contribution in [3.63, 3.8) is 0 Å². The summed E-state index contributed by atoms with van der Waals surface area (Å²) in [4.78, 5) is 14.5. The molecule has 0 aromatic carbocycles. The Kier molecular flexibility index (Phi) is 4.84. The van der Waals surface area contributed by atoms with Crippen LogP contribution in [0.4, 0.5) is 0 Å². The van der Waals surface area contributed by atoms with Crippen molar-refractivity contribution in [2.45, 2.75) is 57.9 Å². The molecule has 0 aromatic heterocycles. The Morgan fingerprint density at radius 1 is 1.24 bits per heavy atom. The fourth-order valence-corrected chi connectivity index (χ4v) is 3.20. The molecule has 2 aliphatic rings. The van der Waals surface area contributed by atoms with Crippen molar-refractivity contribution in [3.8, 4) is 0 Å². The third-order valence-corrected chi connectivity index (χ3v) is 4.34. The van der Waals surface area contributed by atoms with E-state index in [2.05, 4.69) is 17.1 Å². The van der Waals surface area contributed by atoms with E-state index in [4.69, 9.17) is 0 Å². The van der Waals surface area contributed by atoms with Gasteiger partial charge in [-0.3, -0.25) is 4.79 Å². The number of hydrogen-bond donors (Lipinski definition) is 1. The van der Waals surface area contributed by atoms with Gasteiger partial charge >= 0.3 is 0 Å². The van der Waals surface area contributed by atoms with Crippen LogP contribution in [-0.2, 0) is 4.79 Å². The summed E-state index contributed by atoms with van der Waals surface area (Å²) in [5.74, 6) is 1.05. The van der Waals surface area contributed by atoms with E-state index in [1.807, 2.05) is 0 Å². The van der Waals surface area contributed by atoms with Gasteiger partial charge in [-0.05, 0) is 57.5 Å². The van der Waals surface area contributed by atoms with Gasteiger partial charge in [-0.1, -0.05) is 6.92 Å². The van der Waals surface area contributed by atoms with Crippen molar-refractivity contribution in [2.24, 2.45) is 5.92 Å². The van der Waals surface area contributed by atoms with Gasteiger partial charge in [0.15, 0.2) is 0 Å². The number of amides is 1. The van der Waals surface area contributed by atoms with E-state index in [9.17, 15) is 4.79 Å². The summed E-state index contributed by atoms with van der Waals surface area (Å²) in [7, 11) is 0. The van der Waals surface area contributed by atoms with Crippen molar-refractivity contribution in [2.75, 3.05) is 19.6 Å². The molecule has 2 saturated heterocycles. The highest BCUT2D eigenvalue weighted by molar-refractivity contribution is 5.76. The lowest BCUT2D eigenvalue weighted by Gasteiger charge is -2.36. The van der Waals surface area contributed by atoms with Crippen LogP contribution in [0, 0.1) is 5.92 Å². The summed E-state index contributed by atoms with van der Waals surface area (Å²) >= 11 is 0. The van der Waals surface area contributed by atoms with E-state index in [0.29, 0.717) is 17.9 Å². The average Bonchev–Trinajstić information content (AvgIpc) is 2.40. The molecule has 0 saturated carbocycles. The summed E-state index contributed by atoms with van der Waals surface area (Å²) in [5, 5.41) is 3.36. The van der Waals surface area contributed by atoms with E-state index >= 15 is 0 Å². The second-order valence-electron chi connectivity index (χ2n) is 5.54. The number of carbonyl (C=O) groups is 1. The number of nitrogens with one attached hydrogen (secondary N) is 1. The number of carbonyl (C=O) groups excluding carboxylic acids is 1. The van der Waals surface area contributed by atoms with E-state index < -0.39 is 0 Å². The number of likely N-dealkylation sites (tertiary alicyclic amines) is 1. The van der Waals surface area contributed by atoms with Crippen molar-refractivity contribution < 1.29 is 4.79 Å². The fraction of sp³-hybridized carbons (Fsp3) is 0.929. The first-order valence-corrected chi connectivity index (χ1v) is 7.31. The zero-order chi connectivity index (χ0) is 12.1. The lowest BCUT2D eigenvalue weighted by Crippen LogP contribution is -2.44. The predicted molar refractivity (Wildman–Crippen MR) is 69.9 cm³/mol. The van der Waals surface area contributed by atoms with Gasteiger partial charge in [0.05, 0.1) is 0 Å². The Balaban J connectivity index is 1.84. The molecular weight excluding hydrogens is 212 g/mol. The van der Waals surface area contributed by atoms with Crippen LogP contribution in [0.2, 0.25) is 0 Å². The van der Waals surface area contributed by atoms with Crippen LogP contribution < -0.4 is 5.32 Å². The van der Waals surface area contributed by atoms with Crippen molar-refractivity contribution in [3.05, 3.63) is 0 Å². The Labute approximate surface area is 105 Å². The zero-order valence-corrected chi connectivity index (χ0v) is 11.1. The predicted octanol–water partition coefficient (Wildman–Crippen LogP) is 2.17. The molecule has 0 aliphatic carbocycles. The van der Waals surface area contributed by atoms with Crippen LogP contribution >= 0.6 is 0 Å². The van der Waals surface area contributed by atoms with E-state index in [0.717, 1.165) is 32.5 Å². The Morgan fingerprint density at radius 3 is 2.71 bits per heavy atom. The molecule has 3 nitrogen and oxygen atoms in total. The van der Waals surface area contributed by atoms with Crippen LogP contribution in [0.15, 0.2) is 0 Å². The third kappa shape index (κ3) is 3.44. The van der Waals surface area contributed by atoms with Gasteiger partial charge in [-0.15, -0.1) is 0 Å². The molecule has 98 valence electrons. The molecule has 0 radical (unpaired) electrons. The summed E-state index contributed by atoms with van der Waals surface area (Å²) in [6.07, 6.45) is 7.99. The summed E-state index contributed by atoms with van der Waals surface area (Å²) < 4.78 is 0. The molecule has 1 N–H and O–H groups in total. The van der Waals surface area contributed by atoms with Gasteiger partial charge in [0.25, 0.3) is 0 Å². The van der Waals surface area contributed by atoms with Crippen molar-refractivity contribution in [1.29, 1.82) is 0 Å². The minimum Gasteiger partial charge on any atom is -0.340 e. The topological polar surface area (TPSA) is 32.3 Å². The van der Waals surface area contributed by atoms with Gasteiger partial charge in [-0.25, -0.2) is 0 Å². The molecule has 2 fully saturated rings. The van der Waals surface area contributed by atoms with Crippen LogP contribution in [-0.4, -0.2) is 36.5 Å². The maximum absolute atomic E-state index is 12.3. The Bertz CT molecular complexity index is 249. The van der Waals surface area contributed by atoms with Gasteiger partial charge in [0, 0.05) is 19.0 Å². The molecule has 1 amide bonds. The van der Waals surface area contributed by atoms with Gasteiger partial charge in [-0.2, -0.15) is 0 Å². The normalized spacial score (nSPS) is 27.1. The number of hydrogen-bond acceptors (Lipinski definition) is 2. The third-order valence-electron chi connectivity index (χ3n) is 4.34. The van der Waals surface area contributed by atoms with Crippen LogP contribution in [0.25, 0.3) is 0 Å². The second kappa shape index (κ2) is 6.39. The summed E-state index contributed by atoms with van der Waals surface area (Å²) in [5.41, 5.74) is 0. The molecule has 17 heavy (non-hydrogen) atoms. The molecule has 2 aliphatic heterocycles. The van der Waals surface area contributed by atoms with Gasteiger partial charge in [0.2, 0.25) is 5.91 Å². The molecule has 0 bridgehead atoms. The molecule has 0 spiro atoms. The second-order valence-corrected chi connectivity index (χ2v) is 5.54. The fourth-order valence-electron chi connectivity index (χ4n) is 3.20. The highest BCUT2D eigenvalue weighted by atomic mass is 16.2. The SMILES string of the molecule is CC[C@H]1CCCCN1C(=O)CC1CCNCC1. The standard InChI is InChI=1S/C14H26N2O/c1-2-13-5-3-4-10-16(13)14(17)11-12-6-8-15-9-7-12/h12-13,15H,2-11H2,1H3/t13-/m0/s1. The number of piperidine rings is 2.